The molecule has 1 fully saturated rings. The van der Waals surface area contributed by atoms with Gasteiger partial charge in [0.05, 0.1) is 21.7 Å². The number of nitrogens with one attached hydrogen (secondary N) is 2. The molecule has 1 amide bonds. The van der Waals surface area contributed by atoms with Crippen LogP contribution in [0.1, 0.15) is 20.8 Å². The summed E-state index contributed by atoms with van der Waals surface area (Å²) in [7, 11) is -7.21. The molecule has 2 rings (SSSR count). The van der Waals surface area contributed by atoms with Crippen molar-refractivity contribution in [3.05, 3.63) is 24.3 Å². The first kappa shape index (κ1) is 18.9. The molecule has 0 radical (unpaired) electrons. The Balaban J connectivity index is 2.32. The molecule has 0 spiro atoms. The summed E-state index contributed by atoms with van der Waals surface area (Å²) in [5.74, 6) is -0.819. The van der Waals surface area contributed by atoms with Crippen LogP contribution in [0.5, 0.6) is 0 Å². The van der Waals surface area contributed by atoms with Gasteiger partial charge >= 0.3 is 0 Å². The summed E-state index contributed by atoms with van der Waals surface area (Å²) in [5, 5.41) is 4.59. The van der Waals surface area contributed by atoms with Crippen LogP contribution in [0.4, 0.5) is 5.69 Å². The molecule has 1 aromatic rings. The predicted molar refractivity (Wildman–Crippen MR) is 92.4 cm³/mol. The Labute approximate surface area is 142 Å². The normalized spacial score (nSPS) is 23.3. The molecule has 1 aliphatic heterocycles. The van der Waals surface area contributed by atoms with E-state index in [4.69, 9.17) is 0 Å². The number of rotatable bonds is 5. The maximum absolute atomic E-state index is 12.9. The van der Waals surface area contributed by atoms with Crippen molar-refractivity contribution in [3.8, 4) is 0 Å². The molecule has 0 unspecified atom stereocenters. The number of sulfone groups is 2. The van der Waals surface area contributed by atoms with Crippen LogP contribution >= 0.6 is 0 Å². The fraction of sp³-hybridized carbons (Fsp3) is 0.533. The smallest absolute Gasteiger partial charge is 0.221 e. The highest BCUT2D eigenvalue weighted by Gasteiger charge is 2.45. The van der Waals surface area contributed by atoms with Crippen molar-refractivity contribution in [1.29, 1.82) is 0 Å². The Morgan fingerprint density at radius 2 is 1.75 bits per heavy atom. The van der Waals surface area contributed by atoms with Crippen molar-refractivity contribution in [2.45, 2.75) is 43.0 Å². The highest BCUT2D eigenvalue weighted by molar-refractivity contribution is 7.96. The van der Waals surface area contributed by atoms with Crippen molar-refractivity contribution in [2.75, 3.05) is 16.8 Å². The van der Waals surface area contributed by atoms with E-state index in [2.05, 4.69) is 10.6 Å². The van der Waals surface area contributed by atoms with E-state index in [0.717, 1.165) is 0 Å². The first-order valence-electron chi connectivity index (χ1n) is 7.59. The highest BCUT2D eigenvalue weighted by Crippen LogP contribution is 2.27. The first-order chi connectivity index (χ1) is 11.0. The van der Waals surface area contributed by atoms with Crippen LogP contribution in [0.25, 0.3) is 0 Å². The SMILES string of the molecule is CC(=O)Nc1ccc(S(=O)(=O)[C@H]2CS(=O)(=O)C[C@@H]2NC(C)C)cc1. The molecule has 1 aliphatic rings. The van der Waals surface area contributed by atoms with E-state index >= 15 is 0 Å². The van der Waals surface area contributed by atoms with Crippen LogP contribution in [0.15, 0.2) is 29.2 Å². The van der Waals surface area contributed by atoms with E-state index in [9.17, 15) is 21.6 Å². The molecule has 0 aromatic heterocycles. The van der Waals surface area contributed by atoms with E-state index in [1.165, 1.54) is 31.2 Å². The molecule has 2 atom stereocenters. The van der Waals surface area contributed by atoms with Crippen molar-refractivity contribution in [1.82, 2.24) is 5.32 Å². The van der Waals surface area contributed by atoms with Gasteiger partial charge in [-0.25, -0.2) is 16.8 Å². The standard InChI is InChI=1S/C15H22N2O5S2/c1-10(2)16-14-8-23(19,20)9-15(14)24(21,22)13-6-4-12(5-7-13)17-11(3)18/h4-7,10,14-16H,8-9H2,1-3H3,(H,17,18)/t14-,15-/m0/s1. The molecule has 1 saturated heterocycles. The van der Waals surface area contributed by atoms with Crippen molar-refractivity contribution < 1.29 is 21.6 Å². The van der Waals surface area contributed by atoms with Crippen LogP contribution in [0.3, 0.4) is 0 Å². The average molecular weight is 374 g/mol. The molecule has 0 aliphatic carbocycles. The van der Waals surface area contributed by atoms with Gasteiger partial charge in [0.1, 0.15) is 0 Å². The Hall–Kier alpha value is -1.45. The molecular weight excluding hydrogens is 352 g/mol. The first-order valence-corrected chi connectivity index (χ1v) is 11.0. The Bertz CT molecular complexity index is 814. The monoisotopic (exact) mass is 374 g/mol. The number of carbonyl (C=O) groups is 1. The zero-order chi connectivity index (χ0) is 18.1. The number of amides is 1. The van der Waals surface area contributed by atoms with Gasteiger partial charge in [-0.15, -0.1) is 0 Å². The Morgan fingerprint density at radius 3 is 2.25 bits per heavy atom. The fourth-order valence-electron chi connectivity index (χ4n) is 2.81. The van der Waals surface area contributed by atoms with Gasteiger partial charge in [-0.1, -0.05) is 13.8 Å². The zero-order valence-electron chi connectivity index (χ0n) is 13.8. The molecule has 134 valence electrons. The highest BCUT2D eigenvalue weighted by atomic mass is 32.2. The third-order valence-corrected chi connectivity index (χ3v) is 7.92. The lowest BCUT2D eigenvalue weighted by atomic mass is 10.2. The number of anilines is 1. The predicted octanol–water partition coefficient (Wildman–Crippen LogP) is 0.582. The average Bonchev–Trinajstić information content (AvgIpc) is 2.73. The second kappa shape index (κ2) is 6.81. The van der Waals surface area contributed by atoms with E-state index in [1.54, 1.807) is 0 Å². The van der Waals surface area contributed by atoms with Crippen LogP contribution in [-0.2, 0) is 24.5 Å². The summed E-state index contributed by atoms with van der Waals surface area (Å²) in [4.78, 5) is 11.1. The van der Waals surface area contributed by atoms with E-state index in [1.807, 2.05) is 13.8 Å². The lowest BCUT2D eigenvalue weighted by molar-refractivity contribution is -0.114. The fourth-order valence-corrected chi connectivity index (χ4v) is 7.49. The van der Waals surface area contributed by atoms with Gasteiger partial charge < -0.3 is 10.6 Å². The third kappa shape index (κ3) is 4.34. The lowest BCUT2D eigenvalue weighted by Crippen LogP contribution is -2.46. The van der Waals surface area contributed by atoms with Crippen molar-refractivity contribution >= 4 is 31.3 Å². The number of benzene rings is 1. The molecule has 9 heteroatoms. The van der Waals surface area contributed by atoms with Crippen LogP contribution in [0, 0.1) is 0 Å². The minimum Gasteiger partial charge on any atom is -0.326 e. The molecule has 0 saturated carbocycles. The van der Waals surface area contributed by atoms with Crippen LogP contribution < -0.4 is 10.6 Å². The number of carbonyl (C=O) groups excluding carboxylic acids is 1. The largest absolute Gasteiger partial charge is 0.326 e. The third-order valence-electron chi connectivity index (χ3n) is 3.75. The van der Waals surface area contributed by atoms with Gasteiger partial charge in [0.15, 0.2) is 19.7 Å². The minimum atomic E-state index is -3.80. The summed E-state index contributed by atoms with van der Waals surface area (Å²) in [6.07, 6.45) is 0. The molecule has 2 N–H and O–H groups in total. The van der Waals surface area contributed by atoms with Gasteiger partial charge in [-0.05, 0) is 24.3 Å². The Kier molecular flexibility index (Phi) is 5.36. The Morgan fingerprint density at radius 1 is 1.17 bits per heavy atom. The van der Waals surface area contributed by atoms with Gasteiger partial charge in [0.2, 0.25) is 5.91 Å². The van der Waals surface area contributed by atoms with Crippen molar-refractivity contribution in [2.24, 2.45) is 0 Å². The van der Waals surface area contributed by atoms with Crippen LogP contribution in [-0.4, -0.2) is 51.6 Å². The quantitative estimate of drug-likeness (QED) is 0.780. The van der Waals surface area contributed by atoms with Crippen molar-refractivity contribution in [3.63, 3.8) is 0 Å². The second-order valence-corrected chi connectivity index (χ2v) is 10.6. The van der Waals surface area contributed by atoms with E-state index in [-0.39, 0.29) is 28.4 Å². The summed E-state index contributed by atoms with van der Waals surface area (Å²) < 4.78 is 49.6. The molecular formula is C15H22N2O5S2. The van der Waals surface area contributed by atoms with Gasteiger partial charge in [-0.2, -0.15) is 0 Å². The molecule has 0 bridgehead atoms. The summed E-state index contributed by atoms with van der Waals surface area (Å²) >= 11 is 0. The molecule has 1 aromatic carbocycles. The number of hydrogen-bond acceptors (Lipinski definition) is 6. The minimum absolute atomic E-state index is 0.0249. The van der Waals surface area contributed by atoms with Gasteiger partial charge in [-0.3, -0.25) is 4.79 Å². The lowest BCUT2D eigenvalue weighted by Gasteiger charge is -2.22. The summed E-state index contributed by atoms with van der Waals surface area (Å²) in [6.45, 7) is 5.05. The topological polar surface area (TPSA) is 109 Å². The van der Waals surface area contributed by atoms with Gasteiger partial charge in [0, 0.05) is 24.7 Å². The maximum atomic E-state index is 12.9. The van der Waals surface area contributed by atoms with E-state index < -0.39 is 31.0 Å². The maximum Gasteiger partial charge on any atom is 0.221 e. The van der Waals surface area contributed by atoms with Gasteiger partial charge in [0.25, 0.3) is 0 Å². The summed E-state index contributed by atoms with van der Waals surface area (Å²) in [6, 6.07) is 5.10. The van der Waals surface area contributed by atoms with E-state index in [0.29, 0.717) is 5.69 Å². The number of hydrogen-bond donors (Lipinski definition) is 2. The summed E-state index contributed by atoms with van der Waals surface area (Å²) in [5.41, 5.74) is 0.484. The molecule has 24 heavy (non-hydrogen) atoms. The second-order valence-electron chi connectivity index (χ2n) is 6.29. The molecule has 1 heterocycles. The van der Waals surface area contributed by atoms with Crippen LogP contribution in [0.2, 0.25) is 0 Å². The molecule has 7 nitrogen and oxygen atoms in total. The zero-order valence-corrected chi connectivity index (χ0v) is 15.4.